The van der Waals surface area contributed by atoms with Crippen molar-refractivity contribution in [2.75, 3.05) is 13.1 Å². The lowest BCUT2D eigenvalue weighted by molar-refractivity contribution is 0.0665. The van der Waals surface area contributed by atoms with Crippen molar-refractivity contribution in [3.63, 3.8) is 0 Å². The molecule has 4 rings (SSSR count). The van der Waals surface area contributed by atoms with Gasteiger partial charge in [0.05, 0.1) is 6.26 Å². The molecule has 0 spiro atoms. The molecule has 30 heavy (non-hydrogen) atoms. The van der Waals surface area contributed by atoms with Crippen LogP contribution in [-0.4, -0.2) is 35.8 Å². The Bertz CT molecular complexity index is 989. The minimum atomic E-state index is -0.263. The number of ether oxygens (including phenoxy) is 1. The molecule has 3 heterocycles. The Morgan fingerprint density at radius 1 is 1.07 bits per heavy atom. The minimum Gasteiger partial charge on any atom is -0.486 e. The van der Waals surface area contributed by atoms with Crippen molar-refractivity contribution in [3.8, 4) is 5.75 Å². The number of carbonyl (C=O) groups is 2. The van der Waals surface area contributed by atoms with Crippen molar-refractivity contribution in [2.45, 2.75) is 25.5 Å². The van der Waals surface area contributed by atoms with Gasteiger partial charge in [0.2, 0.25) is 0 Å². The molecule has 1 aromatic carbocycles. The first-order valence-corrected chi connectivity index (χ1v) is 10.5. The van der Waals surface area contributed by atoms with Crippen molar-refractivity contribution in [1.82, 2.24) is 10.2 Å². The summed E-state index contributed by atoms with van der Waals surface area (Å²) in [6, 6.07) is 14.2. The second kappa shape index (κ2) is 9.21. The molecule has 0 aliphatic carbocycles. The molecule has 0 unspecified atom stereocenters. The van der Waals surface area contributed by atoms with Gasteiger partial charge in [-0.1, -0.05) is 15.9 Å². The Kier molecular flexibility index (Phi) is 6.23. The van der Waals surface area contributed by atoms with Crippen molar-refractivity contribution >= 4 is 27.7 Å². The van der Waals surface area contributed by atoms with Crippen LogP contribution in [-0.2, 0) is 6.61 Å². The van der Waals surface area contributed by atoms with Crippen LogP contribution in [0.2, 0.25) is 0 Å². The Labute approximate surface area is 182 Å². The van der Waals surface area contributed by atoms with Gasteiger partial charge in [0.15, 0.2) is 11.5 Å². The molecule has 3 aromatic rings. The second-order valence-corrected chi connectivity index (χ2v) is 7.94. The lowest BCUT2D eigenvalue weighted by atomic mass is 10.0. The van der Waals surface area contributed by atoms with Gasteiger partial charge in [0.1, 0.15) is 18.1 Å². The molecule has 2 amide bonds. The number of hydrogen-bond donors (Lipinski definition) is 1. The highest BCUT2D eigenvalue weighted by Gasteiger charge is 2.26. The SMILES string of the molecule is O=C(NC1CCN(C(=O)c2ccco2)CC1)c1ccc(COc2ccc(Br)cc2)o1. The topological polar surface area (TPSA) is 84.9 Å². The molecule has 156 valence electrons. The van der Waals surface area contributed by atoms with Crippen LogP contribution < -0.4 is 10.1 Å². The largest absolute Gasteiger partial charge is 0.486 e. The highest BCUT2D eigenvalue weighted by molar-refractivity contribution is 9.10. The second-order valence-electron chi connectivity index (χ2n) is 7.03. The molecule has 2 aromatic heterocycles. The number of hydrogen-bond acceptors (Lipinski definition) is 5. The fourth-order valence-corrected chi connectivity index (χ4v) is 3.57. The van der Waals surface area contributed by atoms with E-state index in [4.69, 9.17) is 13.6 Å². The average molecular weight is 473 g/mol. The predicted octanol–water partition coefficient (Wildman–Crippen LogP) is 4.25. The van der Waals surface area contributed by atoms with Crippen molar-refractivity contribution in [2.24, 2.45) is 0 Å². The maximum atomic E-state index is 12.5. The number of nitrogens with zero attached hydrogens (tertiary/aromatic N) is 1. The lowest BCUT2D eigenvalue weighted by Gasteiger charge is -2.31. The Balaban J connectivity index is 1.24. The van der Waals surface area contributed by atoms with Gasteiger partial charge in [-0.15, -0.1) is 0 Å². The van der Waals surface area contributed by atoms with Gasteiger partial charge >= 0.3 is 0 Å². The summed E-state index contributed by atoms with van der Waals surface area (Å²) >= 11 is 3.38. The molecule has 0 bridgehead atoms. The van der Waals surface area contributed by atoms with E-state index >= 15 is 0 Å². The first-order valence-electron chi connectivity index (χ1n) is 9.69. The number of carbonyl (C=O) groups excluding carboxylic acids is 2. The van der Waals surface area contributed by atoms with Gasteiger partial charge in [-0.05, 0) is 61.4 Å². The summed E-state index contributed by atoms with van der Waals surface area (Å²) < 4.78 is 17.4. The normalized spacial score (nSPS) is 14.5. The highest BCUT2D eigenvalue weighted by atomic mass is 79.9. The van der Waals surface area contributed by atoms with E-state index in [9.17, 15) is 9.59 Å². The monoisotopic (exact) mass is 472 g/mol. The Morgan fingerprint density at radius 3 is 2.53 bits per heavy atom. The van der Waals surface area contributed by atoms with E-state index in [0.717, 1.165) is 10.2 Å². The van der Waals surface area contributed by atoms with Crippen LogP contribution in [0.4, 0.5) is 0 Å². The van der Waals surface area contributed by atoms with Gasteiger partial charge in [-0.2, -0.15) is 0 Å². The summed E-state index contributed by atoms with van der Waals surface area (Å²) in [5.41, 5.74) is 0. The van der Waals surface area contributed by atoms with Crippen LogP contribution in [0.3, 0.4) is 0 Å². The summed E-state index contributed by atoms with van der Waals surface area (Å²) in [6.07, 6.45) is 2.85. The number of amides is 2. The van der Waals surface area contributed by atoms with Crippen molar-refractivity contribution in [3.05, 3.63) is 76.5 Å². The van der Waals surface area contributed by atoms with E-state index in [1.54, 1.807) is 29.2 Å². The molecule has 1 fully saturated rings. The standard InChI is InChI=1S/C22H21BrN2O5/c23-15-3-5-17(6-4-15)29-14-18-7-8-19(30-18)21(26)24-16-9-11-25(12-10-16)22(27)20-2-1-13-28-20/h1-8,13,16H,9-12,14H2,(H,24,26). The zero-order valence-electron chi connectivity index (χ0n) is 16.2. The lowest BCUT2D eigenvalue weighted by Crippen LogP contribution is -2.46. The fraction of sp³-hybridized carbons (Fsp3) is 0.273. The van der Waals surface area contributed by atoms with E-state index in [1.807, 2.05) is 24.3 Å². The molecule has 8 heteroatoms. The van der Waals surface area contributed by atoms with Crippen LogP contribution in [0.1, 0.15) is 39.7 Å². The van der Waals surface area contributed by atoms with E-state index in [-0.39, 0.29) is 30.2 Å². The van der Waals surface area contributed by atoms with Crippen molar-refractivity contribution < 1.29 is 23.2 Å². The van der Waals surface area contributed by atoms with E-state index in [2.05, 4.69) is 21.2 Å². The molecule has 1 N–H and O–H groups in total. The Morgan fingerprint density at radius 2 is 1.83 bits per heavy atom. The number of rotatable bonds is 6. The van der Waals surface area contributed by atoms with Gasteiger partial charge in [0.25, 0.3) is 11.8 Å². The minimum absolute atomic E-state index is 0.00860. The number of likely N-dealkylation sites (tertiary alicyclic amines) is 1. The third-order valence-electron chi connectivity index (χ3n) is 4.93. The Hall–Kier alpha value is -3.00. The van der Waals surface area contributed by atoms with Gasteiger partial charge < -0.3 is 23.8 Å². The zero-order valence-corrected chi connectivity index (χ0v) is 17.8. The van der Waals surface area contributed by atoms with Gasteiger partial charge in [0, 0.05) is 23.6 Å². The summed E-state index contributed by atoms with van der Waals surface area (Å²) in [5, 5.41) is 2.98. The quantitative estimate of drug-likeness (QED) is 0.579. The number of furan rings is 2. The van der Waals surface area contributed by atoms with Crippen LogP contribution in [0.5, 0.6) is 5.75 Å². The first kappa shape index (κ1) is 20.3. The molecule has 1 aliphatic heterocycles. The predicted molar refractivity (Wildman–Crippen MR) is 112 cm³/mol. The summed E-state index contributed by atoms with van der Waals surface area (Å²) in [7, 11) is 0. The molecule has 1 saturated heterocycles. The smallest absolute Gasteiger partial charge is 0.289 e. The summed E-state index contributed by atoms with van der Waals surface area (Å²) in [4.78, 5) is 26.5. The number of nitrogens with one attached hydrogen (secondary N) is 1. The molecular formula is C22H21BrN2O5. The van der Waals surface area contributed by atoms with E-state index in [1.165, 1.54) is 6.26 Å². The molecule has 0 saturated carbocycles. The number of halogens is 1. The first-order chi connectivity index (χ1) is 14.6. The molecule has 1 aliphatic rings. The van der Waals surface area contributed by atoms with Crippen LogP contribution in [0.25, 0.3) is 0 Å². The van der Waals surface area contributed by atoms with Gasteiger partial charge in [-0.3, -0.25) is 9.59 Å². The summed E-state index contributed by atoms with van der Waals surface area (Å²) in [6.45, 7) is 1.37. The average Bonchev–Trinajstić information content (AvgIpc) is 3.46. The van der Waals surface area contributed by atoms with E-state index < -0.39 is 0 Å². The molecule has 0 radical (unpaired) electrons. The molecular weight excluding hydrogens is 452 g/mol. The van der Waals surface area contributed by atoms with Crippen LogP contribution in [0, 0.1) is 0 Å². The number of piperidine rings is 1. The third-order valence-corrected chi connectivity index (χ3v) is 5.46. The van der Waals surface area contributed by atoms with Crippen LogP contribution in [0.15, 0.2) is 68.1 Å². The highest BCUT2D eigenvalue weighted by Crippen LogP contribution is 2.19. The van der Waals surface area contributed by atoms with Crippen LogP contribution >= 0.6 is 15.9 Å². The van der Waals surface area contributed by atoms with Crippen molar-refractivity contribution in [1.29, 1.82) is 0 Å². The van der Waals surface area contributed by atoms with Gasteiger partial charge in [-0.25, -0.2) is 0 Å². The third kappa shape index (κ3) is 4.94. The zero-order chi connectivity index (χ0) is 20.9. The summed E-state index contributed by atoms with van der Waals surface area (Å²) in [5.74, 6) is 1.50. The maximum absolute atomic E-state index is 12.5. The molecule has 7 nitrogen and oxygen atoms in total. The number of benzene rings is 1. The fourth-order valence-electron chi connectivity index (χ4n) is 3.30. The maximum Gasteiger partial charge on any atom is 0.289 e. The molecule has 0 atom stereocenters. The van der Waals surface area contributed by atoms with E-state index in [0.29, 0.717) is 37.5 Å².